The van der Waals surface area contributed by atoms with Gasteiger partial charge in [0.15, 0.2) is 11.5 Å². The Labute approximate surface area is 102 Å². The first-order valence-corrected chi connectivity index (χ1v) is 6.30. The van der Waals surface area contributed by atoms with E-state index in [1.54, 1.807) is 0 Å². The normalized spacial score (nSPS) is 25.9. The molecule has 0 saturated carbocycles. The predicted octanol–water partition coefficient (Wildman–Crippen LogP) is 2.52. The Kier molecular flexibility index (Phi) is 2.51. The molecule has 0 amide bonds. The Bertz CT molecular complexity index is 428. The molecule has 1 aromatic rings. The van der Waals surface area contributed by atoms with E-state index in [0.717, 1.165) is 37.7 Å². The Balaban J connectivity index is 1.90. The van der Waals surface area contributed by atoms with E-state index in [0.29, 0.717) is 11.5 Å². The molecule has 1 fully saturated rings. The Morgan fingerprint density at radius 2 is 1.94 bits per heavy atom. The maximum Gasteiger partial charge on any atom is 0.161 e. The zero-order chi connectivity index (χ0) is 11.9. The molecule has 1 saturated heterocycles. The lowest BCUT2D eigenvalue weighted by Crippen LogP contribution is -2.52. The molecule has 0 aromatic heterocycles. The molecule has 1 atom stereocenters. The number of hydrogen-bond acceptors (Lipinski definition) is 3. The summed E-state index contributed by atoms with van der Waals surface area (Å²) in [7, 11) is 0. The highest BCUT2D eigenvalue weighted by Crippen LogP contribution is 2.42. The maximum absolute atomic E-state index is 5.72. The molecule has 1 unspecified atom stereocenters. The van der Waals surface area contributed by atoms with Gasteiger partial charge in [-0.25, -0.2) is 0 Å². The molecule has 2 aliphatic rings. The summed E-state index contributed by atoms with van der Waals surface area (Å²) in [6, 6.07) is 6.73. The summed E-state index contributed by atoms with van der Waals surface area (Å²) in [5.74, 6) is 1.77. The fourth-order valence-corrected chi connectivity index (χ4v) is 2.54. The SMILES string of the molecule is CC1(C)CNC1c1ccc2c(c1)OCCCO2. The van der Waals surface area contributed by atoms with Crippen LogP contribution in [0.5, 0.6) is 11.5 Å². The minimum Gasteiger partial charge on any atom is -0.490 e. The molecule has 0 aliphatic carbocycles. The van der Waals surface area contributed by atoms with Crippen LogP contribution in [0.15, 0.2) is 18.2 Å². The molecule has 0 radical (unpaired) electrons. The number of hydrogen-bond donors (Lipinski definition) is 1. The lowest BCUT2D eigenvalue weighted by atomic mass is 9.74. The number of rotatable bonds is 1. The molecule has 1 N–H and O–H groups in total. The number of fused-ring (bicyclic) bond motifs is 1. The zero-order valence-electron chi connectivity index (χ0n) is 10.5. The number of nitrogens with one attached hydrogen (secondary N) is 1. The first-order chi connectivity index (χ1) is 8.17. The summed E-state index contributed by atoms with van der Waals surface area (Å²) in [4.78, 5) is 0. The fourth-order valence-electron chi connectivity index (χ4n) is 2.54. The molecule has 2 heterocycles. The van der Waals surface area contributed by atoms with E-state index in [9.17, 15) is 0 Å². The van der Waals surface area contributed by atoms with Gasteiger partial charge in [-0.1, -0.05) is 19.9 Å². The second kappa shape index (κ2) is 3.91. The van der Waals surface area contributed by atoms with E-state index in [1.165, 1.54) is 5.56 Å². The number of ether oxygens (including phenoxy) is 2. The van der Waals surface area contributed by atoms with Crippen molar-refractivity contribution in [2.75, 3.05) is 19.8 Å². The molecule has 3 nitrogen and oxygen atoms in total. The van der Waals surface area contributed by atoms with Crippen LogP contribution in [0, 0.1) is 5.41 Å². The van der Waals surface area contributed by atoms with Gasteiger partial charge >= 0.3 is 0 Å². The summed E-state index contributed by atoms with van der Waals surface area (Å²) >= 11 is 0. The summed E-state index contributed by atoms with van der Waals surface area (Å²) in [6.45, 7) is 7.15. The van der Waals surface area contributed by atoms with Gasteiger partial charge in [-0.05, 0) is 23.1 Å². The first kappa shape index (κ1) is 10.9. The highest BCUT2D eigenvalue weighted by Gasteiger charge is 2.39. The third kappa shape index (κ3) is 1.89. The van der Waals surface area contributed by atoms with Crippen molar-refractivity contribution in [3.8, 4) is 11.5 Å². The van der Waals surface area contributed by atoms with Gasteiger partial charge in [-0.3, -0.25) is 0 Å². The molecule has 0 spiro atoms. The smallest absolute Gasteiger partial charge is 0.161 e. The third-order valence-electron chi connectivity index (χ3n) is 3.65. The van der Waals surface area contributed by atoms with Gasteiger partial charge in [0.2, 0.25) is 0 Å². The molecule has 1 aromatic carbocycles. The van der Waals surface area contributed by atoms with Crippen LogP contribution < -0.4 is 14.8 Å². The van der Waals surface area contributed by atoms with Crippen LogP contribution in [0.1, 0.15) is 31.9 Å². The largest absolute Gasteiger partial charge is 0.490 e. The van der Waals surface area contributed by atoms with Crippen LogP contribution in [0.4, 0.5) is 0 Å². The number of benzene rings is 1. The standard InChI is InChI=1S/C14H19NO2/c1-14(2)9-15-13(14)10-4-5-11-12(8-10)17-7-3-6-16-11/h4-5,8,13,15H,3,6-7,9H2,1-2H3. The van der Waals surface area contributed by atoms with Gasteiger partial charge in [0, 0.05) is 19.0 Å². The average molecular weight is 233 g/mol. The van der Waals surface area contributed by atoms with Crippen LogP contribution in [0.3, 0.4) is 0 Å². The van der Waals surface area contributed by atoms with Crippen molar-refractivity contribution in [3.63, 3.8) is 0 Å². The average Bonchev–Trinajstić information content (AvgIpc) is 2.52. The lowest BCUT2D eigenvalue weighted by Gasteiger charge is -2.46. The quantitative estimate of drug-likeness (QED) is 0.808. The van der Waals surface area contributed by atoms with E-state index < -0.39 is 0 Å². The van der Waals surface area contributed by atoms with E-state index in [1.807, 2.05) is 6.07 Å². The summed E-state index contributed by atoms with van der Waals surface area (Å²) in [5.41, 5.74) is 1.63. The van der Waals surface area contributed by atoms with E-state index in [2.05, 4.69) is 31.3 Å². The van der Waals surface area contributed by atoms with Crippen LogP contribution >= 0.6 is 0 Å². The minimum absolute atomic E-state index is 0.333. The van der Waals surface area contributed by atoms with Crippen molar-refractivity contribution in [2.24, 2.45) is 5.41 Å². The Morgan fingerprint density at radius 3 is 2.59 bits per heavy atom. The first-order valence-electron chi connectivity index (χ1n) is 6.30. The van der Waals surface area contributed by atoms with Crippen molar-refractivity contribution in [3.05, 3.63) is 23.8 Å². The molecular formula is C14H19NO2. The van der Waals surface area contributed by atoms with Crippen molar-refractivity contribution in [2.45, 2.75) is 26.3 Å². The predicted molar refractivity (Wildman–Crippen MR) is 66.6 cm³/mol. The van der Waals surface area contributed by atoms with Crippen LogP contribution in [-0.4, -0.2) is 19.8 Å². The molecule has 0 bridgehead atoms. The molecular weight excluding hydrogens is 214 g/mol. The maximum atomic E-state index is 5.72. The Hall–Kier alpha value is -1.22. The summed E-state index contributed by atoms with van der Waals surface area (Å²) in [5, 5.41) is 3.48. The van der Waals surface area contributed by atoms with Crippen molar-refractivity contribution < 1.29 is 9.47 Å². The summed E-state index contributed by atoms with van der Waals surface area (Å²) in [6.07, 6.45) is 0.956. The highest BCUT2D eigenvalue weighted by molar-refractivity contribution is 5.45. The lowest BCUT2D eigenvalue weighted by molar-refractivity contribution is 0.128. The van der Waals surface area contributed by atoms with Crippen molar-refractivity contribution in [1.29, 1.82) is 0 Å². The van der Waals surface area contributed by atoms with Gasteiger partial charge in [-0.2, -0.15) is 0 Å². The summed E-state index contributed by atoms with van der Waals surface area (Å²) < 4.78 is 11.4. The van der Waals surface area contributed by atoms with Gasteiger partial charge in [0.25, 0.3) is 0 Å². The molecule has 3 heteroatoms. The minimum atomic E-state index is 0.333. The van der Waals surface area contributed by atoms with E-state index in [4.69, 9.17) is 9.47 Å². The van der Waals surface area contributed by atoms with Crippen LogP contribution in [-0.2, 0) is 0 Å². The Morgan fingerprint density at radius 1 is 1.18 bits per heavy atom. The second-order valence-electron chi connectivity index (χ2n) is 5.56. The fraction of sp³-hybridized carbons (Fsp3) is 0.571. The molecule has 92 valence electrons. The molecule has 3 rings (SSSR count). The van der Waals surface area contributed by atoms with Crippen molar-refractivity contribution >= 4 is 0 Å². The van der Waals surface area contributed by atoms with Crippen LogP contribution in [0.2, 0.25) is 0 Å². The second-order valence-corrected chi connectivity index (χ2v) is 5.56. The van der Waals surface area contributed by atoms with Gasteiger partial charge in [0.05, 0.1) is 13.2 Å². The van der Waals surface area contributed by atoms with Gasteiger partial charge < -0.3 is 14.8 Å². The monoisotopic (exact) mass is 233 g/mol. The van der Waals surface area contributed by atoms with E-state index >= 15 is 0 Å². The zero-order valence-corrected chi connectivity index (χ0v) is 10.5. The van der Waals surface area contributed by atoms with Crippen molar-refractivity contribution in [1.82, 2.24) is 5.32 Å². The molecule has 17 heavy (non-hydrogen) atoms. The van der Waals surface area contributed by atoms with Gasteiger partial charge in [0.1, 0.15) is 0 Å². The highest BCUT2D eigenvalue weighted by atomic mass is 16.5. The van der Waals surface area contributed by atoms with E-state index in [-0.39, 0.29) is 0 Å². The topological polar surface area (TPSA) is 30.5 Å². The molecule has 2 aliphatic heterocycles. The van der Waals surface area contributed by atoms with Crippen LogP contribution in [0.25, 0.3) is 0 Å². The third-order valence-corrected chi connectivity index (χ3v) is 3.65. The van der Waals surface area contributed by atoms with Gasteiger partial charge in [-0.15, -0.1) is 0 Å².